The molecule has 1 amide bonds. The molecule has 8 heteroatoms. The molecule has 1 aliphatic heterocycles. The maximum atomic E-state index is 12.3. The van der Waals surface area contributed by atoms with Crippen molar-refractivity contribution in [3.05, 3.63) is 59.2 Å². The third-order valence-electron chi connectivity index (χ3n) is 4.26. The molecule has 1 atom stereocenters. The molecule has 0 spiro atoms. The summed E-state index contributed by atoms with van der Waals surface area (Å²) < 4.78 is 15.6. The third kappa shape index (κ3) is 4.83. The normalized spacial score (nSPS) is 13.2. The van der Waals surface area contributed by atoms with Crippen LogP contribution in [0.15, 0.2) is 48.0 Å². The van der Waals surface area contributed by atoms with Gasteiger partial charge >= 0.3 is 5.97 Å². The molecule has 0 fully saturated rings. The van der Waals surface area contributed by atoms with Crippen molar-refractivity contribution < 1.29 is 28.6 Å². The maximum Gasteiger partial charge on any atom is 0.349 e. The summed E-state index contributed by atoms with van der Waals surface area (Å²) >= 11 is 0. The maximum absolute atomic E-state index is 12.3. The summed E-state index contributed by atoms with van der Waals surface area (Å²) in [4.78, 5) is 35.9. The topological polar surface area (TPSA) is 115 Å². The first-order valence-corrected chi connectivity index (χ1v) is 9.01. The highest BCUT2D eigenvalue weighted by Crippen LogP contribution is 2.33. The molecule has 1 aliphatic rings. The van der Waals surface area contributed by atoms with Gasteiger partial charge in [0.05, 0.1) is 0 Å². The average Bonchev–Trinajstić information content (AvgIpc) is 3.20. The molecule has 152 valence electrons. The second kappa shape index (κ2) is 8.92. The molecule has 0 saturated carbocycles. The van der Waals surface area contributed by atoms with Crippen molar-refractivity contribution in [3.8, 4) is 17.6 Å². The number of hydrogen-bond acceptors (Lipinski definition) is 7. The van der Waals surface area contributed by atoms with Gasteiger partial charge in [0.2, 0.25) is 6.79 Å². The lowest BCUT2D eigenvalue weighted by Gasteiger charge is -2.13. The quantitative estimate of drug-likeness (QED) is 0.339. The number of ketones is 1. The number of nitriles is 1. The molecule has 0 bridgehead atoms. The number of nitrogens with one attached hydrogen (secondary N) is 1. The second-order valence-corrected chi connectivity index (χ2v) is 6.45. The molecule has 1 N–H and O–H groups in total. The number of esters is 1. The summed E-state index contributed by atoms with van der Waals surface area (Å²) in [6, 6.07) is 13.1. The Morgan fingerprint density at radius 3 is 2.50 bits per heavy atom. The molecule has 2 aromatic carbocycles. The van der Waals surface area contributed by atoms with Gasteiger partial charge in [-0.25, -0.2) is 4.79 Å². The first kappa shape index (κ1) is 20.6. The van der Waals surface area contributed by atoms with Gasteiger partial charge in [-0.1, -0.05) is 6.07 Å². The van der Waals surface area contributed by atoms with Gasteiger partial charge in [0, 0.05) is 11.3 Å². The van der Waals surface area contributed by atoms with Crippen LogP contribution in [0.3, 0.4) is 0 Å². The smallest absolute Gasteiger partial charge is 0.349 e. The van der Waals surface area contributed by atoms with Crippen LogP contribution in [0.1, 0.15) is 29.8 Å². The van der Waals surface area contributed by atoms with E-state index in [-0.39, 0.29) is 18.1 Å². The lowest BCUT2D eigenvalue weighted by Crippen LogP contribution is -2.30. The van der Waals surface area contributed by atoms with Crippen molar-refractivity contribution >= 4 is 29.4 Å². The molecule has 0 unspecified atom stereocenters. The number of benzene rings is 2. The summed E-state index contributed by atoms with van der Waals surface area (Å²) in [5.74, 6) is -0.495. The predicted octanol–water partition coefficient (Wildman–Crippen LogP) is 3.10. The number of carbonyl (C=O) groups excluding carboxylic acids is 3. The van der Waals surface area contributed by atoms with Crippen LogP contribution in [-0.4, -0.2) is 30.6 Å². The lowest BCUT2D eigenvalue weighted by atomic mass is 10.1. The first-order chi connectivity index (χ1) is 14.4. The number of nitrogens with zero attached hydrogens (tertiary/aromatic N) is 1. The standard InChI is InChI=1S/C22H18N2O6/c1-13(25)16-4-6-18(7-5-16)24-21(26)14(2)30-22(27)17(11-23)9-15-3-8-19-20(10-15)29-12-28-19/h3-10,14H,12H2,1-2H3,(H,24,26)/b17-9+/t14-/m1/s1. The zero-order valence-electron chi connectivity index (χ0n) is 16.3. The van der Waals surface area contributed by atoms with E-state index in [9.17, 15) is 19.6 Å². The fraction of sp³-hybridized carbons (Fsp3) is 0.182. The highest BCUT2D eigenvalue weighted by Gasteiger charge is 2.21. The van der Waals surface area contributed by atoms with Gasteiger partial charge in [-0.2, -0.15) is 5.26 Å². The number of ether oxygens (including phenoxy) is 3. The molecule has 0 aliphatic carbocycles. The molecule has 3 rings (SSSR count). The van der Waals surface area contributed by atoms with E-state index < -0.39 is 18.0 Å². The van der Waals surface area contributed by atoms with Crippen LogP contribution in [-0.2, 0) is 14.3 Å². The monoisotopic (exact) mass is 406 g/mol. The van der Waals surface area contributed by atoms with Crippen molar-refractivity contribution in [3.63, 3.8) is 0 Å². The molecule has 8 nitrogen and oxygen atoms in total. The number of hydrogen-bond donors (Lipinski definition) is 1. The minimum absolute atomic E-state index is 0.0894. The number of rotatable bonds is 6. The summed E-state index contributed by atoms with van der Waals surface area (Å²) in [7, 11) is 0. The van der Waals surface area contributed by atoms with E-state index in [0.717, 1.165) is 0 Å². The van der Waals surface area contributed by atoms with Gasteiger partial charge in [-0.05, 0) is 61.9 Å². The van der Waals surface area contributed by atoms with Crippen LogP contribution < -0.4 is 14.8 Å². The SMILES string of the molecule is CC(=O)c1ccc(NC(=O)[C@@H](C)OC(=O)/C(C#N)=C/c2ccc3c(c2)OCO3)cc1. The van der Waals surface area contributed by atoms with Crippen LogP contribution in [0.4, 0.5) is 5.69 Å². The van der Waals surface area contributed by atoms with Crippen molar-refractivity contribution in [2.75, 3.05) is 12.1 Å². The molecule has 30 heavy (non-hydrogen) atoms. The van der Waals surface area contributed by atoms with Crippen molar-refractivity contribution in [1.82, 2.24) is 0 Å². The van der Waals surface area contributed by atoms with Gasteiger partial charge < -0.3 is 19.5 Å². The molecule has 1 heterocycles. The van der Waals surface area contributed by atoms with Crippen LogP contribution in [0.25, 0.3) is 6.08 Å². The van der Waals surface area contributed by atoms with Gasteiger partial charge in [-0.3, -0.25) is 9.59 Å². The summed E-state index contributed by atoms with van der Waals surface area (Å²) in [5.41, 5.74) is 1.25. The Balaban J connectivity index is 1.63. The third-order valence-corrected chi connectivity index (χ3v) is 4.26. The summed E-state index contributed by atoms with van der Waals surface area (Å²) in [6.07, 6.45) is 0.202. The Bertz CT molecular complexity index is 1070. The Kier molecular flexibility index (Phi) is 6.13. The van der Waals surface area contributed by atoms with Crippen molar-refractivity contribution in [2.45, 2.75) is 20.0 Å². The molecule has 0 saturated heterocycles. The Labute approximate surface area is 172 Å². The van der Waals surface area contributed by atoms with Crippen LogP contribution >= 0.6 is 0 Å². The van der Waals surface area contributed by atoms with E-state index in [1.165, 1.54) is 19.9 Å². The lowest BCUT2D eigenvalue weighted by molar-refractivity contribution is -0.148. The minimum Gasteiger partial charge on any atom is -0.454 e. The Hall–Kier alpha value is -4.12. The van der Waals surface area contributed by atoms with Crippen molar-refractivity contribution in [1.29, 1.82) is 5.26 Å². The average molecular weight is 406 g/mol. The highest BCUT2D eigenvalue weighted by atomic mass is 16.7. The number of fused-ring (bicyclic) bond motifs is 1. The zero-order chi connectivity index (χ0) is 21.7. The highest BCUT2D eigenvalue weighted by molar-refractivity contribution is 6.01. The van der Waals surface area contributed by atoms with E-state index in [0.29, 0.717) is 28.3 Å². The van der Waals surface area contributed by atoms with E-state index >= 15 is 0 Å². The summed E-state index contributed by atoms with van der Waals surface area (Å²) in [5, 5.41) is 11.9. The van der Waals surface area contributed by atoms with Crippen LogP contribution in [0, 0.1) is 11.3 Å². The largest absolute Gasteiger partial charge is 0.454 e. The van der Waals surface area contributed by atoms with Gasteiger partial charge in [0.15, 0.2) is 23.4 Å². The van der Waals surface area contributed by atoms with E-state index in [1.807, 2.05) is 0 Å². The number of amides is 1. The molecule has 0 radical (unpaired) electrons. The van der Waals surface area contributed by atoms with Crippen molar-refractivity contribution in [2.24, 2.45) is 0 Å². The summed E-state index contributed by atoms with van der Waals surface area (Å²) in [6.45, 7) is 2.95. The Morgan fingerprint density at radius 2 is 1.83 bits per heavy atom. The Morgan fingerprint density at radius 1 is 1.13 bits per heavy atom. The fourth-order valence-corrected chi connectivity index (χ4v) is 2.62. The molecular weight excluding hydrogens is 388 g/mol. The van der Waals surface area contributed by atoms with E-state index in [4.69, 9.17) is 14.2 Å². The van der Waals surface area contributed by atoms with Crippen LogP contribution in [0.2, 0.25) is 0 Å². The van der Waals surface area contributed by atoms with Crippen LogP contribution in [0.5, 0.6) is 11.5 Å². The molecular formula is C22H18N2O6. The number of anilines is 1. The first-order valence-electron chi connectivity index (χ1n) is 9.01. The van der Waals surface area contributed by atoms with E-state index in [2.05, 4.69) is 5.32 Å². The predicted molar refractivity (Wildman–Crippen MR) is 107 cm³/mol. The zero-order valence-corrected chi connectivity index (χ0v) is 16.3. The second-order valence-electron chi connectivity index (χ2n) is 6.45. The number of Topliss-reactive ketones (excluding diaryl/α,β-unsaturated/α-hetero) is 1. The van der Waals surface area contributed by atoms with Gasteiger partial charge in [0.25, 0.3) is 5.91 Å². The fourth-order valence-electron chi connectivity index (χ4n) is 2.62. The molecule has 2 aromatic rings. The molecule has 0 aromatic heterocycles. The van der Waals surface area contributed by atoms with Gasteiger partial charge in [0.1, 0.15) is 11.6 Å². The minimum atomic E-state index is -1.14. The van der Waals surface area contributed by atoms with E-state index in [1.54, 1.807) is 48.5 Å². The van der Waals surface area contributed by atoms with Gasteiger partial charge in [-0.15, -0.1) is 0 Å². The number of carbonyl (C=O) groups is 3.